The number of sulfonamides is 1. The van der Waals surface area contributed by atoms with Crippen LogP contribution in [-0.4, -0.2) is 61.9 Å². The van der Waals surface area contributed by atoms with E-state index in [1.54, 1.807) is 45.0 Å². The van der Waals surface area contributed by atoms with E-state index in [9.17, 15) is 27.9 Å². The molecule has 0 aromatic heterocycles. The minimum absolute atomic E-state index is 0.0594. The van der Waals surface area contributed by atoms with Crippen molar-refractivity contribution in [3.8, 4) is 5.75 Å². The Balaban J connectivity index is 1.46. The van der Waals surface area contributed by atoms with Gasteiger partial charge in [-0.25, -0.2) is 13.1 Å². The molecule has 4 rings (SSSR count). The second kappa shape index (κ2) is 14.5. The fourth-order valence-electron chi connectivity index (χ4n) is 6.27. The third-order valence-electron chi connectivity index (χ3n) is 9.17. The van der Waals surface area contributed by atoms with Gasteiger partial charge in [-0.2, -0.15) is 0 Å². The maximum absolute atomic E-state index is 13.5. The molecule has 1 fully saturated rings. The van der Waals surface area contributed by atoms with Crippen LogP contribution in [0.5, 0.6) is 5.75 Å². The lowest BCUT2D eigenvalue weighted by Gasteiger charge is -2.39. The summed E-state index contributed by atoms with van der Waals surface area (Å²) in [6.07, 6.45) is 2.47. The lowest BCUT2D eigenvalue weighted by atomic mass is 9.67. The van der Waals surface area contributed by atoms with Crippen LogP contribution >= 0.6 is 0 Å². The summed E-state index contributed by atoms with van der Waals surface area (Å²) >= 11 is 0. The summed E-state index contributed by atoms with van der Waals surface area (Å²) in [5.74, 6) is -0.957. The fraction of sp³-hybridized carbons (Fsp3) is 0.529. The fourth-order valence-corrected chi connectivity index (χ4v) is 7.79. The monoisotopic (exact) mass is 684 g/mol. The predicted octanol–water partition coefficient (Wildman–Crippen LogP) is 2.62. The standard InChI is InChI=1S/C34H48N6O7S/c1-7-36-30(43)34(15-9-16-34)31(44)39-26(29(42)38-24-13-11-23(19-41)12-14-24)10-8-17-37-32(35)40-48(45,46)28-21(3)20(2)27-25(22(28)4)18-33(5,6)47-27/h11-14,26,41H,7-10,15-19H2,1-6H3,(H,36,43)(H,38,42)(H,39,44)(H3,35,37,40)/t26-/m0/s1. The molecule has 1 aliphatic carbocycles. The average Bonchev–Trinajstić information content (AvgIpc) is 3.33. The number of fused-ring (bicyclic) bond motifs is 1. The van der Waals surface area contributed by atoms with E-state index >= 15 is 0 Å². The van der Waals surface area contributed by atoms with E-state index < -0.39 is 38.9 Å². The normalized spacial score (nSPS) is 16.9. The van der Waals surface area contributed by atoms with E-state index in [0.717, 1.165) is 23.3 Å². The van der Waals surface area contributed by atoms with Gasteiger partial charge in [0.25, 0.3) is 10.0 Å². The minimum Gasteiger partial charge on any atom is -0.487 e. The molecule has 1 saturated carbocycles. The quantitative estimate of drug-likeness (QED) is 0.0800. The smallest absolute Gasteiger partial charge is 0.264 e. The Morgan fingerprint density at radius 2 is 1.71 bits per heavy atom. The summed E-state index contributed by atoms with van der Waals surface area (Å²) in [5, 5.41) is 17.6. The van der Waals surface area contributed by atoms with Crippen molar-refractivity contribution in [2.45, 2.75) is 103 Å². The van der Waals surface area contributed by atoms with Crippen LogP contribution in [0.1, 0.15) is 80.7 Å². The maximum atomic E-state index is 13.5. The SMILES string of the molecule is CCNC(=O)C1(C(=O)N[C@@H](CCCN=C(N)NS(=O)(=O)c2c(C)c(C)c3c(c2C)CC(C)(C)O3)C(=O)Nc2ccc(CO)cc2)CCC1. The zero-order valence-corrected chi connectivity index (χ0v) is 29.4. The molecule has 0 bridgehead atoms. The van der Waals surface area contributed by atoms with Gasteiger partial charge >= 0.3 is 0 Å². The number of benzene rings is 2. The van der Waals surface area contributed by atoms with Crippen molar-refractivity contribution in [1.82, 2.24) is 15.4 Å². The van der Waals surface area contributed by atoms with Crippen LogP contribution in [0.25, 0.3) is 0 Å². The number of guanidine groups is 1. The maximum Gasteiger partial charge on any atom is 0.264 e. The number of carbonyl (C=O) groups is 3. The molecule has 48 heavy (non-hydrogen) atoms. The minimum atomic E-state index is -4.09. The number of amides is 3. The molecule has 7 N–H and O–H groups in total. The highest BCUT2D eigenvalue weighted by Crippen LogP contribution is 2.44. The third kappa shape index (κ3) is 7.75. The van der Waals surface area contributed by atoms with Gasteiger partial charge in [-0.05, 0) is 102 Å². The van der Waals surface area contributed by atoms with Gasteiger partial charge in [-0.1, -0.05) is 18.6 Å². The number of aliphatic hydroxyl groups excluding tert-OH is 1. The molecule has 2 aromatic rings. The van der Waals surface area contributed by atoms with Crippen LogP contribution in [-0.2, 0) is 37.4 Å². The molecule has 0 saturated heterocycles. The van der Waals surface area contributed by atoms with Crippen LogP contribution in [0.15, 0.2) is 34.2 Å². The molecule has 0 radical (unpaired) electrons. The van der Waals surface area contributed by atoms with Gasteiger partial charge in [0.15, 0.2) is 0 Å². The van der Waals surface area contributed by atoms with Gasteiger partial charge in [0.2, 0.25) is 23.7 Å². The van der Waals surface area contributed by atoms with Crippen LogP contribution < -0.4 is 31.1 Å². The lowest BCUT2D eigenvalue weighted by Crippen LogP contribution is -2.58. The topological polar surface area (TPSA) is 201 Å². The molecule has 1 heterocycles. The zero-order chi connectivity index (χ0) is 35.4. The Kier molecular flexibility index (Phi) is 11.1. The summed E-state index contributed by atoms with van der Waals surface area (Å²) in [6, 6.07) is 5.60. The number of hydrogen-bond acceptors (Lipinski definition) is 8. The van der Waals surface area contributed by atoms with Gasteiger partial charge in [-0.3, -0.25) is 19.4 Å². The molecule has 1 aliphatic heterocycles. The van der Waals surface area contributed by atoms with Crippen LogP contribution in [0.2, 0.25) is 0 Å². The number of rotatable bonds is 13. The molecule has 13 nitrogen and oxygen atoms in total. The van der Waals surface area contributed by atoms with Crippen LogP contribution in [0.4, 0.5) is 5.69 Å². The van der Waals surface area contributed by atoms with E-state index in [1.165, 1.54) is 0 Å². The molecular formula is C34H48N6O7S. The van der Waals surface area contributed by atoms with Gasteiger partial charge in [0.1, 0.15) is 22.8 Å². The van der Waals surface area contributed by atoms with Gasteiger partial charge in [-0.15, -0.1) is 0 Å². The number of ether oxygens (including phenoxy) is 1. The first-order valence-electron chi connectivity index (χ1n) is 16.3. The largest absolute Gasteiger partial charge is 0.487 e. The van der Waals surface area contributed by atoms with Crippen molar-refractivity contribution in [3.05, 3.63) is 52.1 Å². The Morgan fingerprint density at radius 3 is 2.29 bits per heavy atom. The molecular weight excluding hydrogens is 636 g/mol. The van der Waals surface area contributed by atoms with Crippen molar-refractivity contribution in [2.24, 2.45) is 16.1 Å². The van der Waals surface area contributed by atoms with Crippen molar-refractivity contribution < 1.29 is 32.6 Å². The third-order valence-corrected chi connectivity index (χ3v) is 10.8. The van der Waals surface area contributed by atoms with Crippen molar-refractivity contribution in [3.63, 3.8) is 0 Å². The Bertz CT molecular complexity index is 1700. The average molecular weight is 685 g/mol. The predicted molar refractivity (Wildman–Crippen MR) is 183 cm³/mol. The highest BCUT2D eigenvalue weighted by molar-refractivity contribution is 7.90. The zero-order valence-electron chi connectivity index (χ0n) is 28.6. The highest BCUT2D eigenvalue weighted by Gasteiger charge is 2.51. The summed E-state index contributed by atoms with van der Waals surface area (Å²) in [4.78, 5) is 43.9. The first kappa shape index (κ1) is 36.7. The van der Waals surface area contributed by atoms with E-state index in [-0.39, 0.29) is 42.8 Å². The van der Waals surface area contributed by atoms with Crippen molar-refractivity contribution >= 4 is 39.4 Å². The van der Waals surface area contributed by atoms with Gasteiger partial charge in [0.05, 0.1) is 11.5 Å². The molecule has 2 aliphatic rings. The number of nitrogens with zero attached hydrogens (tertiary/aromatic N) is 1. The second-order valence-electron chi connectivity index (χ2n) is 13.2. The molecule has 262 valence electrons. The number of anilines is 1. The molecule has 2 aromatic carbocycles. The highest BCUT2D eigenvalue weighted by atomic mass is 32.2. The van der Waals surface area contributed by atoms with E-state index in [1.807, 2.05) is 20.8 Å². The number of nitrogens with two attached hydrogens (primary N) is 1. The Labute approximate surface area is 282 Å². The summed E-state index contributed by atoms with van der Waals surface area (Å²) < 4.78 is 35.6. The van der Waals surface area contributed by atoms with Crippen molar-refractivity contribution in [2.75, 3.05) is 18.4 Å². The second-order valence-corrected chi connectivity index (χ2v) is 14.8. The number of hydrogen-bond donors (Lipinski definition) is 6. The number of aliphatic imine (C=N–C) groups is 1. The van der Waals surface area contributed by atoms with E-state index in [2.05, 4.69) is 25.7 Å². The van der Waals surface area contributed by atoms with E-state index in [4.69, 9.17) is 10.5 Å². The Hall–Kier alpha value is -4.17. The first-order chi connectivity index (χ1) is 22.5. The number of carbonyl (C=O) groups excluding carboxylic acids is 3. The van der Waals surface area contributed by atoms with Gasteiger partial charge < -0.3 is 31.5 Å². The molecule has 3 amide bonds. The molecule has 0 unspecified atom stereocenters. The van der Waals surface area contributed by atoms with Gasteiger partial charge in [0, 0.05) is 30.8 Å². The van der Waals surface area contributed by atoms with Crippen LogP contribution in [0.3, 0.4) is 0 Å². The Morgan fingerprint density at radius 1 is 1.04 bits per heavy atom. The molecule has 1 atom stereocenters. The molecule has 14 heteroatoms. The number of aliphatic hydroxyl groups is 1. The van der Waals surface area contributed by atoms with Crippen molar-refractivity contribution in [1.29, 1.82) is 0 Å². The summed E-state index contributed by atoms with van der Waals surface area (Å²) in [5.41, 5.74) is 8.29. The first-order valence-corrected chi connectivity index (χ1v) is 17.8. The lowest BCUT2D eigenvalue weighted by molar-refractivity contribution is -0.150. The summed E-state index contributed by atoms with van der Waals surface area (Å²) in [6.45, 7) is 11.3. The summed E-state index contributed by atoms with van der Waals surface area (Å²) in [7, 11) is -4.09. The van der Waals surface area contributed by atoms with E-state index in [0.29, 0.717) is 48.2 Å². The molecule has 0 spiro atoms. The van der Waals surface area contributed by atoms with Crippen LogP contribution in [0, 0.1) is 26.2 Å². The number of nitrogens with one attached hydrogen (secondary N) is 4.